The molecule has 0 bridgehead atoms. The molecule has 0 radical (unpaired) electrons. The van der Waals surface area contributed by atoms with Crippen molar-refractivity contribution in [1.29, 1.82) is 0 Å². The van der Waals surface area contributed by atoms with Gasteiger partial charge in [-0.1, -0.05) is 6.07 Å². The van der Waals surface area contributed by atoms with Crippen LogP contribution in [0.3, 0.4) is 0 Å². The van der Waals surface area contributed by atoms with Crippen molar-refractivity contribution in [2.24, 2.45) is 0 Å². The third-order valence-corrected chi connectivity index (χ3v) is 4.11. The fourth-order valence-electron chi connectivity index (χ4n) is 2.84. The first kappa shape index (κ1) is 17.3. The van der Waals surface area contributed by atoms with Gasteiger partial charge >= 0.3 is 0 Å². The van der Waals surface area contributed by atoms with Gasteiger partial charge in [-0.3, -0.25) is 4.79 Å². The van der Waals surface area contributed by atoms with Gasteiger partial charge in [0.1, 0.15) is 11.9 Å². The molecule has 1 fully saturated rings. The molecule has 1 aliphatic heterocycles. The molecule has 25 heavy (non-hydrogen) atoms. The summed E-state index contributed by atoms with van der Waals surface area (Å²) in [5.74, 6) is -1.40. The molecule has 1 amide bonds. The van der Waals surface area contributed by atoms with Crippen molar-refractivity contribution in [3.05, 3.63) is 59.3 Å². The summed E-state index contributed by atoms with van der Waals surface area (Å²) < 4.78 is 32.2. The third kappa shape index (κ3) is 3.61. The molecule has 2 aromatic rings. The van der Waals surface area contributed by atoms with Crippen LogP contribution in [0.25, 0.3) is 0 Å². The van der Waals surface area contributed by atoms with Crippen molar-refractivity contribution < 1.29 is 18.3 Å². The number of nitrogens with zero attached hydrogens (tertiary/aromatic N) is 3. The van der Waals surface area contributed by atoms with Crippen molar-refractivity contribution in [1.82, 2.24) is 9.88 Å². The van der Waals surface area contributed by atoms with Gasteiger partial charge in [0.2, 0.25) is 0 Å². The molecule has 1 atom stereocenters. The number of pyridine rings is 1. The molecule has 0 N–H and O–H groups in total. The molecule has 3 rings (SSSR count). The Balaban J connectivity index is 1.81. The lowest BCUT2D eigenvalue weighted by molar-refractivity contribution is -0.0229. The van der Waals surface area contributed by atoms with Crippen LogP contribution in [-0.4, -0.2) is 49.6 Å². The minimum Gasteiger partial charge on any atom is -0.370 e. The highest BCUT2D eigenvalue weighted by atomic mass is 19.2. The smallest absolute Gasteiger partial charge is 0.257 e. The number of ether oxygens (including phenoxy) is 1. The first-order valence-electron chi connectivity index (χ1n) is 7.95. The van der Waals surface area contributed by atoms with E-state index in [9.17, 15) is 13.6 Å². The maximum atomic E-state index is 13.5. The summed E-state index contributed by atoms with van der Waals surface area (Å²) in [7, 11) is 3.64. The van der Waals surface area contributed by atoms with Crippen LogP contribution >= 0.6 is 0 Å². The minimum atomic E-state index is -0.924. The highest BCUT2D eigenvalue weighted by Crippen LogP contribution is 2.26. The summed E-state index contributed by atoms with van der Waals surface area (Å²) in [4.78, 5) is 20.6. The molecular weight excluding hydrogens is 328 g/mol. The lowest BCUT2D eigenvalue weighted by atomic mass is 10.1. The molecule has 5 nitrogen and oxygen atoms in total. The normalized spacial score (nSPS) is 17.4. The Morgan fingerprint density at radius 3 is 2.80 bits per heavy atom. The number of carbonyl (C=O) groups is 1. The van der Waals surface area contributed by atoms with E-state index in [0.717, 1.165) is 12.1 Å². The van der Waals surface area contributed by atoms with Crippen molar-refractivity contribution in [2.75, 3.05) is 38.7 Å². The van der Waals surface area contributed by atoms with Crippen LogP contribution in [0.5, 0.6) is 0 Å². The summed E-state index contributed by atoms with van der Waals surface area (Å²) in [6.45, 7) is 1.03. The van der Waals surface area contributed by atoms with Crippen molar-refractivity contribution >= 4 is 11.7 Å². The second-order valence-corrected chi connectivity index (χ2v) is 6.05. The lowest BCUT2D eigenvalue weighted by Gasteiger charge is -2.33. The zero-order valence-electron chi connectivity index (χ0n) is 14.1. The van der Waals surface area contributed by atoms with E-state index in [1.165, 1.54) is 6.07 Å². The topological polar surface area (TPSA) is 45.7 Å². The quantitative estimate of drug-likeness (QED) is 0.856. The van der Waals surface area contributed by atoms with Crippen molar-refractivity contribution in [2.45, 2.75) is 6.10 Å². The van der Waals surface area contributed by atoms with Crippen molar-refractivity contribution in [3.8, 4) is 0 Å². The maximum absolute atomic E-state index is 13.5. The third-order valence-electron chi connectivity index (χ3n) is 4.11. The average Bonchev–Trinajstić information content (AvgIpc) is 2.63. The molecule has 2 heterocycles. The van der Waals surface area contributed by atoms with Crippen molar-refractivity contribution in [3.63, 3.8) is 0 Å². The van der Waals surface area contributed by atoms with E-state index in [-0.39, 0.29) is 12.5 Å². The summed E-state index contributed by atoms with van der Waals surface area (Å²) >= 11 is 0. The zero-order chi connectivity index (χ0) is 18.0. The molecule has 132 valence electrons. The zero-order valence-corrected chi connectivity index (χ0v) is 14.1. The van der Waals surface area contributed by atoms with E-state index in [0.29, 0.717) is 30.1 Å². The van der Waals surface area contributed by atoms with Crippen LogP contribution in [0.1, 0.15) is 22.0 Å². The van der Waals surface area contributed by atoms with Crippen LogP contribution in [0.2, 0.25) is 0 Å². The largest absolute Gasteiger partial charge is 0.370 e. The van der Waals surface area contributed by atoms with Gasteiger partial charge in [-0.25, -0.2) is 13.8 Å². The highest BCUT2D eigenvalue weighted by molar-refractivity contribution is 5.98. The Morgan fingerprint density at radius 1 is 1.28 bits per heavy atom. The number of carbonyl (C=O) groups excluding carboxylic acids is 1. The number of hydrogen-bond donors (Lipinski definition) is 0. The van der Waals surface area contributed by atoms with E-state index >= 15 is 0 Å². The summed E-state index contributed by atoms with van der Waals surface area (Å²) in [5.41, 5.74) is 1.01. The first-order valence-corrected chi connectivity index (χ1v) is 7.95. The Kier molecular flexibility index (Phi) is 4.94. The first-order chi connectivity index (χ1) is 12.0. The standard InChI is InChI=1S/C18H19F2N3O2/c1-22(2)17-13(4-3-7-21-17)18(24)23-8-9-25-16(11-23)12-5-6-14(19)15(20)10-12/h3-7,10,16H,8-9,11H2,1-2H3. The van der Waals surface area contributed by atoms with Gasteiger partial charge in [-0.05, 0) is 29.8 Å². The van der Waals surface area contributed by atoms with E-state index in [4.69, 9.17) is 4.74 Å². The number of benzene rings is 1. The number of rotatable bonds is 3. The second kappa shape index (κ2) is 7.14. The molecule has 0 aliphatic carbocycles. The molecule has 1 saturated heterocycles. The van der Waals surface area contributed by atoms with Crippen LogP contribution in [0.15, 0.2) is 36.5 Å². The van der Waals surface area contributed by atoms with Gasteiger partial charge in [0.05, 0.1) is 18.7 Å². The number of amides is 1. The van der Waals surface area contributed by atoms with Crippen LogP contribution < -0.4 is 4.90 Å². The van der Waals surface area contributed by atoms with E-state index < -0.39 is 17.7 Å². The summed E-state index contributed by atoms with van der Waals surface area (Å²) in [5, 5.41) is 0. The number of halogens is 2. The van der Waals surface area contributed by atoms with Crippen LogP contribution in [-0.2, 0) is 4.74 Å². The Bertz CT molecular complexity index is 783. The number of anilines is 1. The van der Waals surface area contributed by atoms with Crippen LogP contribution in [0, 0.1) is 11.6 Å². The molecule has 0 saturated carbocycles. The molecule has 0 spiro atoms. The second-order valence-electron chi connectivity index (χ2n) is 6.05. The van der Waals surface area contributed by atoms with Gasteiger partial charge in [0.15, 0.2) is 11.6 Å². The Hall–Kier alpha value is -2.54. The molecule has 1 aromatic carbocycles. The van der Waals surface area contributed by atoms with E-state index in [1.807, 2.05) is 14.1 Å². The molecule has 1 aliphatic rings. The fraction of sp³-hybridized carbons (Fsp3) is 0.333. The van der Waals surface area contributed by atoms with Gasteiger partial charge in [0.25, 0.3) is 5.91 Å². The van der Waals surface area contributed by atoms with Gasteiger partial charge in [0, 0.05) is 26.8 Å². The fourth-order valence-corrected chi connectivity index (χ4v) is 2.84. The van der Waals surface area contributed by atoms with Gasteiger partial charge in [-0.15, -0.1) is 0 Å². The number of aromatic nitrogens is 1. The Morgan fingerprint density at radius 2 is 2.08 bits per heavy atom. The van der Waals surface area contributed by atoms with E-state index in [1.54, 1.807) is 28.1 Å². The predicted molar refractivity (Wildman–Crippen MR) is 89.5 cm³/mol. The van der Waals surface area contributed by atoms with Crippen LogP contribution in [0.4, 0.5) is 14.6 Å². The summed E-state index contributed by atoms with van der Waals surface area (Å²) in [6, 6.07) is 7.11. The molecule has 7 heteroatoms. The SMILES string of the molecule is CN(C)c1ncccc1C(=O)N1CCOC(c2ccc(F)c(F)c2)C1. The predicted octanol–water partition coefficient (Wildman–Crippen LogP) is 2.64. The molecule has 1 unspecified atom stereocenters. The number of morpholine rings is 1. The van der Waals surface area contributed by atoms with Gasteiger partial charge in [-0.2, -0.15) is 0 Å². The van der Waals surface area contributed by atoms with Gasteiger partial charge < -0.3 is 14.5 Å². The summed E-state index contributed by atoms with van der Waals surface area (Å²) in [6.07, 6.45) is 1.14. The van der Waals surface area contributed by atoms with E-state index in [2.05, 4.69) is 4.98 Å². The highest BCUT2D eigenvalue weighted by Gasteiger charge is 2.28. The lowest BCUT2D eigenvalue weighted by Crippen LogP contribution is -2.42. The number of hydrogen-bond acceptors (Lipinski definition) is 4. The average molecular weight is 347 g/mol. The maximum Gasteiger partial charge on any atom is 0.257 e. The monoisotopic (exact) mass is 347 g/mol. The minimum absolute atomic E-state index is 0.160. The molecular formula is C18H19F2N3O2. The Labute approximate surface area is 144 Å². The molecule has 1 aromatic heterocycles.